The van der Waals surface area contributed by atoms with Crippen LogP contribution in [0.15, 0.2) is 66.7 Å². The minimum absolute atomic E-state index is 0.334. The van der Waals surface area contributed by atoms with Crippen molar-refractivity contribution in [1.29, 1.82) is 0 Å². The number of carbonyl (C=O) groups is 1. The van der Waals surface area contributed by atoms with E-state index >= 15 is 0 Å². The van der Waals surface area contributed by atoms with E-state index < -0.39 is 0 Å². The van der Waals surface area contributed by atoms with Gasteiger partial charge in [0.15, 0.2) is 0 Å². The van der Waals surface area contributed by atoms with Crippen LogP contribution >= 0.6 is 0 Å². The van der Waals surface area contributed by atoms with Crippen molar-refractivity contribution < 1.29 is 14.3 Å². The average molecular weight is 333 g/mol. The van der Waals surface area contributed by atoms with Gasteiger partial charge in [-0.1, -0.05) is 36.4 Å². The van der Waals surface area contributed by atoms with Crippen molar-refractivity contribution in [3.63, 3.8) is 0 Å². The number of hydrogen-bond donors (Lipinski definition) is 0. The smallest absolute Gasteiger partial charge is 0.330 e. The van der Waals surface area contributed by atoms with Gasteiger partial charge in [-0.3, -0.25) is 0 Å². The van der Waals surface area contributed by atoms with E-state index in [-0.39, 0.29) is 5.97 Å². The van der Waals surface area contributed by atoms with Crippen LogP contribution in [0.3, 0.4) is 0 Å². The van der Waals surface area contributed by atoms with E-state index in [0.29, 0.717) is 13.0 Å². The number of ether oxygens (including phenoxy) is 2. The molecule has 4 heteroatoms. The molecule has 0 bridgehead atoms. The Hall–Kier alpha value is -3.14. The maximum atomic E-state index is 11.8. The van der Waals surface area contributed by atoms with E-state index in [1.165, 1.54) is 6.08 Å². The summed E-state index contributed by atoms with van der Waals surface area (Å²) in [6, 6.07) is 19.4. The fourth-order valence-electron chi connectivity index (χ4n) is 2.44. The average Bonchev–Trinajstić information content (AvgIpc) is 2.67. The fraction of sp³-hybridized carbons (Fsp3) is 0.143. The Balaban J connectivity index is 1.51. The van der Waals surface area contributed by atoms with Crippen molar-refractivity contribution in [1.82, 2.24) is 4.98 Å². The molecule has 0 amide bonds. The number of para-hydroxylation sites is 1. The lowest BCUT2D eigenvalue weighted by Crippen LogP contribution is -2.04. The molecule has 2 aromatic carbocycles. The van der Waals surface area contributed by atoms with Gasteiger partial charge in [-0.2, -0.15) is 0 Å². The predicted molar refractivity (Wildman–Crippen MR) is 98.4 cm³/mol. The molecule has 0 saturated heterocycles. The van der Waals surface area contributed by atoms with E-state index in [1.807, 2.05) is 60.7 Å². The van der Waals surface area contributed by atoms with Crippen LogP contribution < -0.4 is 4.74 Å². The number of fused-ring (bicyclic) bond motifs is 1. The molecule has 0 aliphatic heterocycles. The van der Waals surface area contributed by atoms with E-state index in [0.717, 1.165) is 27.9 Å². The quantitative estimate of drug-likeness (QED) is 0.504. The van der Waals surface area contributed by atoms with Crippen molar-refractivity contribution in [2.75, 3.05) is 13.7 Å². The van der Waals surface area contributed by atoms with Crippen LogP contribution in [-0.2, 0) is 16.0 Å². The monoisotopic (exact) mass is 333 g/mol. The first-order chi connectivity index (χ1) is 12.2. The third-order valence-electron chi connectivity index (χ3n) is 3.80. The second-order valence-electron chi connectivity index (χ2n) is 5.53. The molecule has 1 heterocycles. The summed E-state index contributed by atoms with van der Waals surface area (Å²) in [5.41, 5.74) is 2.72. The summed E-state index contributed by atoms with van der Waals surface area (Å²) in [6.45, 7) is 0.334. The van der Waals surface area contributed by atoms with Crippen LogP contribution in [0.25, 0.3) is 17.0 Å². The van der Waals surface area contributed by atoms with Crippen LogP contribution in [0.2, 0.25) is 0 Å². The normalized spacial score (nSPS) is 10.9. The summed E-state index contributed by atoms with van der Waals surface area (Å²) in [5.74, 6) is 0.440. The Morgan fingerprint density at radius 2 is 1.84 bits per heavy atom. The molecule has 0 fully saturated rings. The molecule has 0 radical (unpaired) electrons. The van der Waals surface area contributed by atoms with Gasteiger partial charge in [0.2, 0.25) is 0 Å². The molecule has 25 heavy (non-hydrogen) atoms. The van der Waals surface area contributed by atoms with Gasteiger partial charge >= 0.3 is 5.97 Å². The Morgan fingerprint density at radius 1 is 1.04 bits per heavy atom. The zero-order chi connectivity index (χ0) is 17.5. The van der Waals surface area contributed by atoms with Gasteiger partial charge in [-0.15, -0.1) is 0 Å². The SMILES string of the molecule is COc1ccc(CCOC(=O)C=Cc2ccc3ccccc3n2)cc1. The van der Waals surface area contributed by atoms with Gasteiger partial charge in [0.1, 0.15) is 5.75 Å². The number of carbonyl (C=O) groups excluding carboxylic acids is 1. The summed E-state index contributed by atoms with van der Waals surface area (Å²) in [4.78, 5) is 16.3. The van der Waals surface area contributed by atoms with E-state index in [2.05, 4.69) is 4.98 Å². The lowest BCUT2D eigenvalue weighted by Gasteiger charge is -2.04. The first-order valence-corrected chi connectivity index (χ1v) is 8.08. The predicted octanol–water partition coefficient (Wildman–Crippen LogP) is 4.04. The molecule has 3 rings (SSSR count). The molecule has 0 aliphatic rings. The molecule has 1 aromatic heterocycles. The standard InChI is InChI=1S/C21H19NO3/c1-24-19-11-6-16(7-12-19)14-15-25-21(23)13-10-18-9-8-17-4-2-3-5-20(17)22-18/h2-13H,14-15H2,1H3. The number of aromatic nitrogens is 1. The molecule has 0 unspecified atom stereocenters. The van der Waals surface area contributed by atoms with Gasteiger partial charge in [-0.25, -0.2) is 9.78 Å². The molecule has 4 nitrogen and oxygen atoms in total. The highest BCUT2D eigenvalue weighted by atomic mass is 16.5. The van der Waals surface area contributed by atoms with Crippen molar-refractivity contribution in [2.45, 2.75) is 6.42 Å². The first-order valence-electron chi connectivity index (χ1n) is 8.08. The first kappa shape index (κ1) is 16.7. The van der Waals surface area contributed by atoms with Crippen LogP contribution in [0, 0.1) is 0 Å². The highest BCUT2D eigenvalue weighted by Crippen LogP contribution is 2.13. The zero-order valence-corrected chi connectivity index (χ0v) is 14.0. The van der Waals surface area contributed by atoms with Crippen LogP contribution in [-0.4, -0.2) is 24.7 Å². The van der Waals surface area contributed by atoms with Gasteiger partial charge < -0.3 is 9.47 Å². The van der Waals surface area contributed by atoms with E-state index in [1.54, 1.807) is 13.2 Å². The number of methoxy groups -OCH3 is 1. The highest BCUT2D eigenvalue weighted by Gasteiger charge is 2.00. The summed E-state index contributed by atoms with van der Waals surface area (Å²) in [6.07, 6.45) is 3.74. The molecule has 126 valence electrons. The Morgan fingerprint density at radius 3 is 2.64 bits per heavy atom. The maximum absolute atomic E-state index is 11.8. The lowest BCUT2D eigenvalue weighted by molar-refractivity contribution is -0.137. The van der Waals surface area contributed by atoms with E-state index in [4.69, 9.17) is 9.47 Å². The highest BCUT2D eigenvalue weighted by molar-refractivity contribution is 5.87. The molecule has 0 spiro atoms. The molecule has 0 N–H and O–H groups in total. The fourth-order valence-corrected chi connectivity index (χ4v) is 2.44. The number of pyridine rings is 1. The molecule has 3 aromatic rings. The number of nitrogens with zero attached hydrogens (tertiary/aromatic N) is 1. The van der Waals surface area contributed by atoms with E-state index in [9.17, 15) is 4.79 Å². The van der Waals surface area contributed by atoms with Crippen molar-refractivity contribution >= 4 is 22.9 Å². The molecule has 0 atom stereocenters. The van der Waals surface area contributed by atoms with Crippen LogP contribution in [0.4, 0.5) is 0 Å². The second-order valence-corrected chi connectivity index (χ2v) is 5.53. The summed E-state index contributed by atoms with van der Waals surface area (Å²) in [5, 5.41) is 1.07. The minimum atomic E-state index is -0.372. The minimum Gasteiger partial charge on any atom is -0.497 e. The largest absolute Gasteiger partial charge is 0.497 e. The number of rotatable bonds is 6. The third-order valence-corrected chi connectivity index (χ3v) is 3.80. The molecular weight excluding hydrogens is 314 g/mol. The van der Waals surface area contributed by atoms with Crippen LogP contribution in [0.1, 0.15) is 11.3 Å². The van der Waals surface area contributed by atoms with Crippen molar-refractivity contribution in [3.8, 4) is 5.75 Å². The van der Waals surface area contributed by atoms with Gasteiger partial charge in [0.05, 0.1) is 24.9 Å². The van der Waals surface area contributed by atoms with Crippen molar-refractivity contribution in [2.24, 2.45) is 0 Å². The molecule has 0 saturated carbocycles. The van der Waals surface area contributed by atoms with Crippen LogP contribution in [0.5, 0.6) is 5.75 Å². The maximum Gasteiger partial charge on any atom is 0.330 e. The van der Waals surface area contributed by atoms with Crippen molar-refractivity contribution in [3.05, 3.63) is 78.0 Å². The second kappa shape index (κ2) is 8.11. The summed E-state index contributed by atoms with van der Waals surface area (Å²) >= 11 is 0. The Kier molecular flexibility index (Phi) is 5.42. The Labute approximate surface area is 146 Å². The van der Waals surface area contributed by atoms with Gasteiger partial charge in [0.25, 0.3) is 0 Å². The number of benzene rings is 2. The molecule has 0 aliphatic carbocycles. The van der Waals surface area contributed by atoms with Gasteiger partial charge in [-0.05, 0) is 35.9 Å². The summed E-state index contributed by atoms with van der Waals surface area (Å²) < 4.78 is 10.3. The lowest BCUT2D eigenvalue weighted by atomic mass is 10.1. The van der Waals surface area contributed by atoms with Gasteiger partial charge in [0, 0.05) is 17.9 Å². The number of esters is 1. The Bertz CT molecular complexity index is 885. The summed E-state index contributed by atoms with van der Waals surface area (Å²) in [7, 11) is 1.63. The third kappa shape index (κ3) is 4.67. The molecular formula is C21H19NO3. The topological polar surface area (TPSA) is 48.4 Å². The zero-order valence-electron chi connectivity index (χ0n) is 14.0. The number of hydrogen-bond acceptors (Lipinski definition) is 4.